The molecule has 1 saturated carbocycles. The molecule has 47 heavy (non-hydrogen) atoms. The standard InChI is InChI=1S/C36H35BrClF3N4O2/c37-30-21-26(38)20-28-31(34(46)43-35(11-12-35)24-6-2-1-3-7-24)29(22-44-13-9-27(10-14-44)45-15-17-47-18-16-45)32(42-33(28)30)23-5-4-8-25(19-23)36(39,40)41/h1-8,19-21,27H,9-18,22H2,(H,43,46). The lowest BCUT2D eigenvalue weighted by Crippen LogP contribution is -2.48. The van der Waals surface area contributed by atoms with Crippen molar-refractivity contribution in [1.29, 1.82) is 0 Å². The lowest BCUT2D eigenvalue weighted by Gasteiger charge is -2.40. The number of carbonyl (C=O) groups excluding carboxylic acids is 1. The molecular weight excluding hydrogens is 693 g/mol. The zero-order valence-electron chi connectivity index (χ0n) is 25.8. The van der Waals surface area contributed by atoms with E-state index < -0.39 is 17.3 Å². The van der Waals surface area contributed by atoms with Gasteiger partial charge in [0.2, 0.25) is 0 Å². The third-order valence-corrected chi connectivity index (χ3v) is 10.6. The maximum atomic E-state index is 14.6. The molecule has 7 rings (SSSR count). The molecule has 3 heterocycles. The van der Waals surface area contributed by atoms with Gasteiger partial charge in [-0.15, -0.1) is 0 Å². The van der Waals surface area contributed by atoms with E-state index in [1.165, 1.54) is 6.07 Å². The van der Waals surface area contributed by atoms with Gasteiger partial charge in [0.05, 0.1) is 41.1 Å². The number of morpholine rings is 1. The minimum Gasteiger partial charge on any atom is -0.379 e. The molecule has 3 fully saturated rings. The van der Waals surface area contributed by atoms with Crippen LogP contribution in [0, 0.1) is 0 Å². The highest BCUT2D eigenvalue weighted by Gasteiger charge is 2.46. The van der Waals surface area contributed by atoms with E-state index in [2.05, 4.69) is 31.0 Å². The molecular formula is C36H35BrClF3N4O2. The van der Waals surface area contributed by atoms with Gasteiger partial charge in [-0.05, 0) is 84.5 Å². The fourth-order valence-corrected chi connectivity index (χ4v) is 7.98. The Hall–Kier alpha value is -3.02. The number of nitrogens with one attached hydrogen (secondary N) is 1. The Morgan fingerprint density at radius 3 is 2.40 bits per heavy atom. The van der Waals surface area contributed by atoms with Crippen molar-refractivity contribution < 1.29 is 22.7 Å². The number of hydrogen-bond donors (Lipinski definition) is 1. The van der Waals surface area contributed by atoms with E-state index in [4.69, 9.17) is 21.3 Å². The molecule has 2 saturated heterocycles. The lowest BCUT2D eigenvalue weighted by molar-refractivity contribution is -0.137. The van der Waals surface area contributed by atoms with E-state index in [-0.39, 0.29) is 5.91 Å². The summed E-state index contributed by atoms with van der Waals surface area (Å²) in [6.45, 7) is 5.25. The van der Waals surface area contributed by atoms with E-state index in [0.717, 1.165) is 82.8 Å². The highest BCUT2D eigenvalue weighted by molar-refractivity contribution is 9.10. The van der Waals surface area contributed by atoms with Crippen LogP contribution in [0.4, 0.5) is 13.2 Å². The zero-order chi connectivity index (χ0) is 32.8. The van der Waals surface area contributed by atoms with Gasteiger partial charge in [-0.3, -0.25) is 14.6 Å². The van der Waals surface area contributed by atoms with Gasteiger partial charge in [0, 0.05) is 51.7 Å². The molecule has 3 aliphatic rings. The fraction of sp³-hybridized carbons (Fsp3) is 0.389. The number of alkyl halides is 3. The molecule has 4 aromatic rings. The maximum Gasteiger partial charge on any atom is 0.416 e. The monoisotopic (exact) mass is 726 g/mol. The molecule has 11 heteroatoms. The number of likely N-dealkylation sites (tertiary alicyclic amines) is 1. The SMILES string of the molecule is O=C(NC1(c2ccccc2)CC1)c1c(CN2CCC(N3CCOCC3)CC2)c(-c2cccc(C(F)(F)F)c2)nc2c(Br)cc(Cl)cc12. The summed E-state index contributed by atoms with van der Waals surface area (Å²) in [4.78, 5) is 24.4. The summed E-state index contributed by atoms with van der Waals surface area (Å²) in [7, 11) is 0. The van der Waals surface area contributed by atoms with Crippen LogP contribution in [0.2, 0.25) is 5.02 Å². The number of halogens is 5. The predicted molar refractivity (Wildman–Crippen MR) is 180 cm³/mol. The number of aromatic nitrogens is 1. The van der Waals surface area contributed by atoms with Crippen molar-refractivity contribution in [1.82, 2.24) is 20.1 Å². The number of carbonyl (C=O) groups is 1. The Bertz CT molecular complexity index is 1790. The average molecular weight is 728 g/mol. The van der Waals surface area contributed by atoms with Crippen LogP contribution < -0.4 is 5.32 Å². The molecule has 6 nitrogen and oxygen atoms in total. The molecule has 2 aliphatic heterocycles. The molecule has 0 unspecified atom stereocenters. The van der Waals surface area contributed by atoms with Crippen LogP contribution in [0.25, 0.3) is 22.2 Å². The van der Waals surface area contributed by atoms with E-state index in [9.17, 15) is 18.0 Å². The molecule has 3 aromatic carbocycles. The minimum absolute atomic E-state index is 0.292. The Labute approximate surface area is 285 Å². The number of amides is 1. The molecule has 1 amide bonds. The van der Waals surface area contributed by atoms with E-state index >= 15 is 0 Å². The molecule has 1 aromatic heterocycles. The third kappa shape index (κ3) is 6.81. The predicted octanol–water partition coefficient (Wildman–Crippen LogP) is 8.05. The van der Waals surface area contributed by atoms with Crippen molar-refractivity contribution in [3.63, 3.8) is 0 Å². The maximum absolute atomic E-state index is 14.6. The second-order valence-electron chi connectivity index (χ2n) is 12.7. The summed E-state index contributed by atoms with van der Waals surface area (Å²) in [5, 5.41) is 4.31. The van der Waals surface area contributed by atoms with Crippen molar-refractivity contribution in [2.75, 3.05) is 39.4 Å². The first-order valence-electron chi connectivity index (χ1n) is 16.0. The highest BCUT2D eigenvalue weighted by atomic mass is 79.9. The van der Waals surface area contributed by atoms with Crippen molar-refractivity contribution in [3.8, 4) is 11.3 Å². The summed E-state index contributed by atoms with van der Waals surface area (Å²) >= 11 is 10.1. The van der Waals surface area contributed by atoms with Gasteiger partial charge in [-0.2, -0.15) is 13.2 Å². The summed E-state index contributed by atoms with van der Waals surface area (Å²) in [5.41, 5.74) is 1.86. The Morgan fingerprint density at radius 2 is 1.72 bits per heavy atom. The number of nitrogens with zero attached hydrogens (tertiary/aromatic N) is 3. The molecule has 1 N–H and O–H groups in total. The van der Waals surface area contributed by atoms with Gasteiger partial charge in [0.1, 0.15) is 0 Å². The normalized spacial score (nSPS) is 19.2. The van der Waals surface area contributed by atoms with Crippen LogP contribution in [0.5, 0.6) is 0 Å². The number of piperidine rings is 1. The topological polar surface area (TPSA) is 57.7 Å². The number of ether oxygens (including phenoxy) is 1. The number of hydrogen-bond acceptors (Lipinski definition) is 5. The average Bonchev–Trinajstić information content (AvgIpc) is 3.85. The molecule has 0 atom stereocenters. The molecule has 0 bridgehead atoms. The van der Waals surface area contributed by atoms with Gasteiger partial charge in [-0.25, -0.2) is 4.98 Å². The summed E-state index contributed by atoms with van der Waals surface area (Å²) in [5.74, 6) is -0.292. The van der Waals surface area contributed by atoms with Crippen LogP contribution >= 0.6 is 27.5 Å². The van der Waals surface area contributed by atoms with Crippen LogP contribution in [0.1, 0.15) is 52.7 Å². The van der Waals surface area contributed by atoms with Gasteiger partial charge in [-0.1, -0.05) is 54.1 Å². The van der Waals surface area contributed by atoms with Crippen LogP contribution in [0.3, 0.4) is 0 Å². The van der Waals surface area contributed by atoms with Gasteiger partial charge in [0.25, 0.3) is 5.91 Å². The Balaban J connectivity index is 1.34. The number of fused-ring (bicyclic) bond motifs is 1. The summed E-state index contributed by atoms with van der Waals surface area (Å²) < 4.78 is 47.9. The lowest BCUT2D eigenvalue weighted by atomic mass is 9.93. The van der Waals surface area contributed by atoms with E-state index in [1.54, 1.807) is 18.2 Å². The second-order valence-corrected chi connectivity index (χ2v) is 14.0. The van der Waals surface area contributed by atoms with Crippen molar-refractivity contribution in [2.45, 2.75) is 50.0 Å². The van der Waals surface area contributed by atoms with Crippen LogP contribution in [0.15, 0.2) is 71.2 Å². The van der Waals surface area contributed by atoms with E-state index in [0.29, 0.717) is 55.4 Å². The number of rotatable bonds is 7. The largest absolute Gasteiger partial charge is 0.416 e. The number of benzene rings is 3. The minimum atomic E-state index is -4.53. The van der Waals surface area contributed by atoms with Crippen LogP contribution in [-0.4, -0.2) is 66.1 Å². The van der Waals surface area contributed by atoms with Gasteiger partial charge >= 0.3 is 6.18 Å². The first kappa shape index (κ1) is 32.5. The smallest absolute Gasteiger partial charge is 0.379 e. The second kappa shape index (κ2) is 13.1. The molecule has 246 valence electrons. The van der Waals surface area contributed by atoms with E-state index in [1.807, 2.05) is 30.3 Å². The Morgan fingerprint density at radius 1 is 1.00 bits per heavy atom. The quantitative estimate of drug-likeness (QED) is 0.209. The molecule has 1 aliphatic carbocycles. The zero-order valence-corrected chi connectivity index (χ0v) is 28.1. The summed E-state index contributed by atoms with van der Waals surface area (Å²) in [6, 6.07) is 19.0. The van der Waals surface area contributed by atoms with Crippen molar-refractivity contribution >= 4 is 44.3 Å². The van der Waals surface area contributed by atoms with Crippen LogP contribution in [-0.2, 0) is 23.0 Å². The van der Waals surface area contributed by atoms with Gasteiger partial charge < -0.3 is 10.1 Å². The molecule has 0 spiro atoms. The first-order valence-corrected chi connectivity index (χ1v) is 17.2. The Kier molecular flexibility index (Phi) is 9.08. The third-order valence-electron chi connectivity index (χ3n) is 9.73. The van der Waals surface area contributed by atoms with Gasteiger partial charge in [0.15, 0.2) is 0 Å². The van der Waals surface area contributed by atoms with Crippen molar-refractivity contribution in [2.24, 2.45) is 0 Å². The first-order chi connectivity index (χ1) is 22.6. The highest BCUT2D eigenvalue weighted by Crippen LogP contribution is 2.46. The summed E-state index contributed by atoms with van der Waals surface area (Å²) in [6.07, 6.45) is -1.04. The number of pyridine rings is 1. The molecule has 0 radical (unpaired) electrons. The fourth-order valence-electron chi connectivity index (χ4n) is 7.08. The van der Waals surface area contributed by atoms with Crippen molar-refractivity contribution in [3.05, 3.63) is 98.5 Å².